The van der Waals surface area contributed by atoms with Gasteiger partial charge in [-0.3, -0.25) is 4.57 Å². The Morgan fingerprint density at radius 1 is 1.41 bits per heavy atom. The Kier molecular flexibility index (Phi) is 3.75. The highest BCUT2D eigenvalue weighted by atomic mass is 79.9. The van der Waals surface area contributed by atoms with E-state index in [1.54, 1.807) is 0 Å². The number of nitrogens with two attached hydrogens (primary N) is 1. The number of nitrogen functional groups attached to an aromatic ring is 1. The molecule has 0 spiro atoms. The summed E-state index contributed by atoms with van der Waals surface area (Å²) in [7, 11) is 0. The van der Waals surface area contributed by atoms with E-state index in [-0.39, 0.29) is 17.0 Å². The molecule has 0 saturated carbocycles. The summed E-state index contributed by atoms with van der Waals surface area (Å²) in [6.45, 7) is -0.451. The molecule has 4 atom stereocenters. The predicted molar refractivity (Wildman–Crippen MR) is 77.4 cm³/mol. The van der Waals surface area contributed by atoms with E-state index in [1.165, 1.54) is 10.9 Å². The molecule has 0 amide bonds. The number of ether oxygens (including phenoxy) is 1. The molecule has 10 heteroatoms. The molecule has 0 unspecified atom stereocenters. The standard InChI is InChI=1S/C12H12BrN5O4/c13-9-4(1-14)6-10(15)16-3-17-11(6)18(9)12-8(21)7(20)5(2-19)22-12/h3,5,7-8,12,19-21H,2H2,(H2,15,16,17)/t5-,7-,8-,12-/m0/s1. The maximum atomic E-state index is 10.2. The summed E-state index contributed by atoms with van der Waals surface area (Å²) in [5.41, 5.74) is 6.28. The molecular formula is C12H12BrN5O4. The number of fused-ring (bicyclic) bond motifs is 1. The molecule has 3 heterocycles. The number of aromatic nitrogens is 3. The van der Waals surface area contributed by atoms with Crippen LogP contribution in [0.2, 0.25) is 0 Å². The van der Waals surface area contributed by atoms with E-state index in [4.69, 9.17) is 10.5 Å². The summed E-state index contributed by atoms with van der Waals surface area (Å²) in [4.78, 5) is 7.93. The van der Waals surface area contributed by atoms with Gasteiger partial charge in [0.25, 0.3) is 0 Å². The quantitative estimate of drug-likeness (QED) is 0.540. The van der Waals surface area contributed by atoms with Gasteiger partial charge in [-0.2, -0.15) is 5.26 Å². The zero-order chi connectivity index (χ0) is 16.0. The molecular weight excluding hydrogens is 358 g/mol. The van der Waals surface area contributed by atoms with Crippen molar-refractivity contribution in [2.45, 2.75) is 24.5 Å². The number of rotatable bonds is 2. The minimum atomic E-state index is -1.30. The lowest BCUT2D eigenvalue weighted by Gasteiger charge is -2.18. The molecule has 5 N–H and O–H groups in total. The lowest BCUT2D eigenvalue weighted by Crippen LogP contribution is -2.33. The summed E-state index contributed by atoms with van der Waals surface area (Å²) in [5, 5.41) is 38.9. The van der Waals surface area contributed by atoms with Crippen LogP contribution in [0.4, 0.5) is 5.82 Å². The normalized spacial score (nSPS) is 28.1. The molecule has 1 aliphatic rings. The van der Waals surface area contributed by atoms with E-state index in [1.807, 2.05) is 6.07 Å². The smallest absolute Gasteiger partial charge is 0.165 e. The number of halogens is 1. The van der Waals surface area contributed by atoms with E-state index in [2.05, 4.69) is 25.9 Å². The van der Waals surface area contributed by atoms with Gasteiger partial charge in [-0.15, -0.1) is 0 Å². The lowest BCUT2D eigenvalue weighted by atomic mass is 10.1. The minimum Gasteiger partial charge on any atom is -0.394 e. The van der Waals surface area contributed by atoms with Crippen molar-refractivity contribution in [1.82, 2.24) is 14.5 Å². The number of aliphatic hydroxyl groups is 3. The van der Waals surface area contributed by atoms with Crippen LogP contribution in [0.1, 0.15) is 11.8 Å². The van der Waals surface area contributed by atoms with Gasteiger partial charge in [0, 0.05) is 0 Å². The van der Waals surface area contributed by atoms with Crippen LogP contribution in [0.15, 0.2) is 10.9 Å². The van der Waals surface area contributed by atoms with Crippen LogP contribution in [-0.4, -0.2) is 54.8 Å². The van der Waals surface area contributed by atoms with Crippen molar-refractivity contribution in [3.63, 3.8) is 0 Å². The molecule has 22 heavy (non-hydrogen) atoms. The first-order chi connectivity index (χ1) is 10.5. The van der Waals surface area contributed by atoms with Gasteiger partial charge < -0.3 is 25.8 Å². The Hall–Kier alpha value is -1.77. The van der Waals surface area contributed by atoms with Crippen molar-refractivity contribution >= 4 is 32.8 Å². The molecule has 116 valence electrons. The number of anilines is 1. The monoisotopic (exact) mass is 369 g/mol. The summed E-state index contributed by atoms with van der Waals surface area (Å²) in [5.74, 6) is 0.118. The van der Waals surface area contributed by atoms with Gasteiger partial charge in [0.2, 0.25) is 0 Å². The van der Waals surface area contributed by atoms with Crippen LogP contribution >= 0.6 is 15.9 Å². The van der Waals surface area contributed by atoms with Gasteiger partial charge in [-0.05, 0) is 15.9 Å². The van der Waals surface area contributed by atoms with Crippen LogP contribution in [-0.2, 0) is 4.74 Å². The van der Waals surface area contributed by atoms with E-state index < -0.39 is 31.1 Å². The highest BCUT2D eigenvalue weighted by molar-refractivity contribution is 9.10. The Labute approximate surface area is 132 Å². The van der Waals surface area contributed by atoms with Crippen molar-refractivity contribution in [2.75, 3.05) is 12.3 Å². The van der Waals surface area contributed by atoms with Crippen LogP contribution < -0.4 is 5.73 Å². The zero-order valence-electron chi connectivity index (χ0n) is 11.1. The Bertz CT molecular complexity index is 773. The Morgan fingerprint density at radius 2 is 2.14 bits per heavy atom. The molecule has 1 saturated heterocycles. The van der Waals surface area contributed by atoms with Crippen LogP contribution in [0.3, 0.4) is 0 Å². The topological polar surface area (TPSA) is 150 Å². The largest absolute Gasteiger partial charge is 0.394 e. The maximum Gasteiger partial charge on any atom is 0.165 e. The highest BCUT2D eigenvalue weighted by Crippen LogP contribution is 2.39. The Morgan fingerprint density at radius 3 is 2.73 bits per heavy atom. The van der Waals surface area contributed by atoms with Crippen molar-refractivity contribution in [2.24, 2.45) is 0 Å². The van der Waals surface area contributed by atoms with Gasteiger partial charge in [-0.1, -0.05) is 0 Å². The average molecular weight is 370 g/mol. The number of nitriles is 1. The van der Waals surface area contributed by atoms with E-state index in [0.29, 0.717) is 9.99 Å². The van der Waals surface area contributed by atoms with Gasteiger partial charge in [0.15, 0.2) is 6.23 Å². The second kappa shape index (κ2) is 5.45. The van der Waals surface area contributed by atoms with E-state index >= 15 is 0 Å². The number of nitrogens with zero attached hydrogens (tertiary/aromatic N) is 4. The molecule has 0 radical (unpaired) electrons. The zero-order valence-corrected chi connectivity index (χ0v) is 12.7. The van der Waals surface area contributed by atoms with E-state index in [0.717, 1.165) is 0 Å². The summed E-state index contributed by atoms with van der Waals surface area (Å²) in [6.07, 6.45) is -3.30. The molecule has 1 aliphatic heterocycles. The number of aliphatic hydroxyl groups excluding tert-OH is 3. The third-order valence-electron chi connectivity index (χ3n) is 3.64. The van der Waals surface area contributed by atoms with Crippen LogP contribution in [0, 0.1) is 11.3 Å². The van der Waals surface area contributed by atoms with Crippen molar-refractivity contribution < 1.29 is 20.1 Å². The molecule has 3 rings (SSSR count). The third kappa shape index (κ3) is 1.98. The maximum absolute atomic E-state index is 10.2. The molecule has 0 aliphatic carbocycles. The van der Waals surface area contributed by atoms with Crippen molar-refractivity contribution in [3.05, 3.63) is 16.5 Å². The van der Waals surface area contributed by atoms with Crippen molar-refractivity contribution in [1.29, 1.82) is 5.26 Å². The first kappa shape index (κ1) is 15.1. The fourth-order valence-corrected chi connectivity index (χ4v) is 3.21. The fourth-order valence-electron chi connectivity index (χ4n) is 2.56. The molecule has 2 aromatic rings. The average Bonchev–Trinajstić information content (AvgIpc) is 2.95. The second-order valence-electron chi connectivity index (χ2n) is 4.83. The summed E-state index contributed by atoms with van der Waals surface area (Å²) in [6, 6.07) is 2.00. The minimum absolute atomic E-state index is 0.118. The first-order valence-corrected chi connectivity index (χ1v) is 7.13. The Balaban J connectivity index is 2.23. The van der Waals surface area contributed by atoms with Crippen LogP contribution in [0.5, 0.6) is 0 Å². The predicted octanol–water partition coefficient (Wildman–Crippen LogP) is -0.741. The number of hydrogen-bond acceptors (Lipinski definition) is 8. The SMILES string of the molecule is N#Cc1c(Br)n([C@H]2O[C@@H](CO)[C@H](O)[C@@H]2O)c2ncnc(N)c12. The van der Waals surface area contributed by atoms with E-state index in [9.17, 15) is 20.6 Å². The summed E-state index contributed by atoms with van der Waals surface area (Å²) < 4.78 is 7.19. The van der Waals surface area contributed by atoms with Crippen LogP contribution in [0.25, 0.3) is 11.0 Å². The van der Waals surface area contributed by atoms with Gasteiger partial charge in [0.1, 0.15) is 46.8 Å². The fraction of sp³-hybridized carbons (Fsp3) is 0.417. The van der Waals surface area contributed by atoms with Gasteiger partial charge in [0.05, 0.1) is 17.6 Å². The highest BCUT2D eigenvalue weighted by Gasteiger charge is 2.45. The molecule has 9 nitrogen and oxygen atoms in total. The second-order valence-corrected chi connectivity index (χ2v) is 5.59. The molecule has 1 fully saturated rings. The number of hydrogen-bond donors (Lipinski definition) is 4. The van der Waals surface area contributed by atoms with Gasteiger partial charge in [-0.25, -0.2) is 9.97 Å². The molecule has 0 bridgehead atoms. The van der Waals surface area contributed by atoms with Gasteiger partial charge >= 0.3 is 0 Å². The first-order valence-electron chi connectivity index (χ1n) is 6.33. The van der Waals surface area contributed by atoms with Crippen molar-refractivity contribution in [3.8, 4) is 6.07 Å². The third-order valence-corrected chi connectivity index (χ3v) is 4.41. The summed E-state index contributed by atoms with van der Waals surface area (Å²) >= 11 is 3.27. The molecule has 2 aromatic heterocycles. The molecule has 0 aromatic carbocycles. The lowest BCUT2D eigenvalue weighted by molar-refractivity contribution is -0.0518.